The Morgan fingerprint density at radius 3 is 2.44 bits per heavy atom. The third-order valence-electron chi connectivity index (χ3n) is 5.17. The Balaban J connectivity index is 1.76. The third-order valence-corrected chi connectivity index (χ3v) is 5.17. The van der Waals surface area contributed by atoms with Gasteiger partial charge in [0.1, 0.15) is 5.75 Å². The van der Waals surface area contributed by atoms with Crippen LogP contribution in [-0.2, 0) is 5.54 Å². The minimum atomic E-state index is -0.121. The number of rotatable bonds is 6. The van der Waals surface area contributed by atoms with E-state index in [2.05, 4.69) is 65.2 Å². The van der Waals surface area contributed by atoms with Crippen molar-refractivity contribution in [2.75, 3.05) is 38.2 Å². The van der Waals surface area contributed by atoms with Crippen molar-refractivity contribution in [3.63, 3.8) is 0 Å². The fourth-order valence-electron chi connectivity index (χ4n) is 3.79. The number of ether oxygens (including phenoxy) is 1. The lowest BCUT2D eigenvalue weighted by Gasteiger charge is -2.40. The molecule has 0 N–H and O–H groups in total. The zero-order chi connectivity index (χ0) is 19.4. The maximum Gasteiger partial charge on any atom is 0.168 e. The number of tetrazole rings is 1. The lowest BCUT2D eigenvalue weighted by molar-refractivity contribution is 0.156. The van der Waals surface area contributed by atoms with Gasteiger partial charge in [-0.3, -0.25) is 4.90 Å². The van der Waals surface area contributed by atoms with Gasteiger partial charge in [0.2, 0.25) is 0 Å². The standard InChI is InChI=1S/C20H32N6O/c1-6-9-17(19-21-22-23-26(19)20(2,3)4)25-14-12-24(13-15-25)16-10-7-8-11-18(16)27-5/h7-8,10-11,17H,6,9,12-15H2,1-5H3. The van der Waals surface area contributed by atoms with Crippen molar-refractivity contribution in [3.8, 4) is 5.75 Å². The Labute approximate surface area is 162 Å². The maximum absolute atomic E-state index is 5.54. The number of hydrogen-bond acceptors (Lipinski definition) is 6. The minimum Gasteiger partial charge on any atom is -0.495 e. The molecule has 7 nitrogen and oxygen atoms in total. The molecule has 1 aliphatic rings. The fourth-order valence-corrected chi connectivity index (χ4v) is 3.79. The minimum absolute atomic E-state index is 0.121. The summed E-state index contributed by atoms with van der Waals surface area (Å²) in [6, 6.07) is 8.50. The monoisotopic (exact) mass is 372 g/mol. The van der Waals surface area contributed by atoms with Crippen LogP contribution in [0.1, 0.15) is 52.4 Å². The number of piperazine rings is 1. The summed E-state index contributed by atoms with van der Waals surface area (Å²) in [5.74, 6) is 1.92. The van der Waals surface area contributed by atoms with Crippen LogP contribution >= 0.6 is 0 Å². The van der Waals surface area contributed by atoms with Gasteiger partial charge in [0.25, 0.3) is 0 Å². The second kappa shape index (κ2) is 8.25. The van der Waals surface area contributed by atoms with E-state index >= 15 is 0 Å². The van der Waals surface area contributed by atoms with Crippen molar-refractivity contribution in [1.82, 2.24) is 25.1 Å². The summed E-state index contributed by atoms with van der Waals surface area (Å²) in [4.78, 5) is 4.94. The molecule has 1 saturated heterocycles. The molecule has 7 heteroatoms. The van der Waals surface area contributed by atoms with Crippen LogP contribution in [0, 0.1) is 0 Å². The fraction of sp³-hybridized carbons (Fsp3) is 0.650. The van der Waals surface area contributed by atoms with Crippen molar-refractivity contribution in [3.05, 3.63) is 30.1 Å². The Morgan fingerprint density at radius 2 is 1.81 bits per heavy atom. The van der Waals surface area contributed by atoms with E-state index in [1.54, 1.807) is 7.11 Å². The molecule has 0 saturated carbocycles. The average molecular weight is 373 g/mol. The van der Waals surface area contributed by atoms with Crippen LogP contribution in [0.4, 0.5) is 5.69 Å². The van der Waals surface area contributed by atoms with E-state index in [9.17, 15) is 0 Å². The molecule has 0 spiro atoms. The van der Waals surface area contributed by atoms with Crippen LogP contribution < -0.4 is 9.64 Å². The summed E-state index contributed by atoms with van der Waals surface area (Å²) in [5.41, 5.74) is 1.05. The molecule has 1 aromatic heterocycles. The summed E-state index contributed by atoms with van der Waals surface area (Å²) in [6.07, 6.45) is 2.17. The second-order valence-corrected chi connectivity index (χ2v) is 8.12. The van der Waals surface area contributed by atoms with Crippen molar-refractivity contribution in [1.29, 1.82) is 0 Å². The van der Waals surface area contributed by atoms with E-state index in [4.69, 9.17) is 4.74 Å². The molecule has 148 valence electrons. The van der Waals surface area contributed by atoms with Crippen molar-refractivity contribution >= 4 is 5.69 Å². The van der Waals surface area contributed by atoms with E-state index in [1.807, 2.05) is 16.8 Å². The number of methoxy groups -OCH3 is 1. The Kier molecular flexibility index (Phi) is 5.99. The largest absolute Gasteiger partial charge is 0.495 e. The molecule has 27 heavy (non-hydrogen) atoms. The van der Waals surface area contributed by atoms with Crippen molar-refractivity contribution in [2.45, 2.75) is 52.1 Å². The zero-order valence-corrected chi connectivity index (χ0v) is 17.2. The molecular weight excluding hydrogens is 340 g/mol. The Morgan fingerprint density at radius 1 is 1.11 bits per heavy atom. The first-order valence-corrected chi connectivity index (χ1v) is 9.86. The smallest absolute Gasteiger partial charge is 0.168 e. The van der Waals surface area contributed by atoms with Gasteiger partial charge >= 0.3 is 0 Å². The summed E-state index contributed by atoms with van der Waals surface area (Å²) in [5, 5.41) is 12.7. The number of aromatic nitrogens is 4. The van der Waals surface area contributed by atoms with Gasteiger partial charge in [-0.25, -0.2) is 4.68 Å². The summed E-state index contributed by atoms with van der Waals surface area (Å²) in [7, 11) is 1.73. The molecule has 1 aromatic carbocycles. The van der Waals surface area contributed by atoms with Crippen LogP contribution in [0.15, 0.2) is 24.3 Å². The number of benzene rings is 1. The first-order valence-electron chi connectivity index (χ1n) is 9.86. The maximum atomic E-state index is 5.54. The number of para-hydroxylation sites is 2. The van der Waals surface area contributed by atoms with Crippen LogP contribution in [0.3, 0.4) is 0 Å². The number of anilines is 1. The highest BCUT2D eigenvalue weighted by Crippen LogP contribution is 2.32. The van der Waals surface area contributed by atoms with Gasteiger partial charge in [-0.1, -0.05) is 25.5 Å². The van der Waals surface area contributed by atoms with E-state index in [0.717, 1.165) is 50.6 Å². The molecule has 2 aromatic rings. The molecule has 0 aliphatic carbocycles. The highest BCUT2D eigenvalue weighted by atomic mass is 16.5. The molecule has 1 fully saturated rings. The summed E-state index contributed by atoms with van der Waals surface area (Å²) in [6.45, 7) is 12.6. The molecule has 3 rings (SSSR count). The van der Waals surface area contributed by atoms with Gasteiger partial charge in [-0.05, 0) is 49.8 Å². The van der Waals surface area contributed by atoms with Crippen LogP contribution in [0.5, 0.6) is 5.75 Å². The van der Waals surface area contributed by atoms with Gasteiger partial charge < -0.3 is 9.64 Å². The molecule has 0 amide bonds. The first kappa shape index (κ1) is 19.6. The van der Waals surface area contributed by atoms with Gasteiger partial charge in [0, 0.05) is 26.2 Å². The Bertz CT molecular complexity index is 730. The molecule has 1 atom stereocenters. The van der Waals surface area contributed by atoms with Crippen molar-refractivity contribution < 1.29 is 4.74 Å². The van der Waals surface area contributed by atoms with E-state index < -0.39 is 0 Å². The van der Waals surface area contributed by atoms with Gasteiger partial charge in [0.05, 0.1) is 24.4 Å². The highest BCUT2D eigenvalue weighted by Gasteiger charge is 2.31. The van der Waals surface area contributed by atoms with Gasteiger partial charge in [0.15, 0.2) is 5.82 Å². The topological polar surface area (TPSA) is 59.3 Å². The van der Waals surface area contributed by atoms with Gasteiger partial charge in [-0.15, -0.1) is 5.10 Å². The van der Waals surface area contributed by atoms with E-state index in [0.29, 0.717) is 0 Å². The van der Waals surface area contributed by atoms with Gasteiger partial charge in [-0.2, -0.15) is 0 Å². The third kappa shape index (κ3) is 4.24. The predicted octanol–water partition coefficient (Wildman–Crippen LogP) is 3.10. The van der Waals surface area contributed by atoms with E-state index in [1.165, 1.54) is 5.69 Å². The second-order valence-electron chi connectivity index (χ2n) is 8.12. The molecule has 2 heterocycles. The molecule has 0 bridgehead atoms. The lowest BCUT2D eigenvalue weighted by atomic mass is 10.0. The molecular formula is C20H32N6O. The molecule has 1 aliphatic heterocycles. The van der Waals surface area contributed by atoms with Crippen LogP contribution in [0.25, 0.3) is 0 Å². The lowest BCUT2D eigenvalue weighted by Crippen LogP contribution is -2.48. The average Bonchev–Trinajstić information content (AvgIpc) is 3.16. The van der Waals surface area contributed by atoms with E-state index in [-0.39, 0.29) is 11.6 Å². The molecule has 1 unspecified atom stereocenters. The zero-order valence-electron chi connectivity index (χ0n) is 17.2. The summed E-state index contributed by atoms with van der Waals surface area (Å²) < 4.78 is 7.52. The first-order chi connectivity index (χ1) is 13.0. The molecule has 0 radical (unpaired) electrons. The predicted molar refractivity (Wildman–Crippen MR) is 107 cm³/mol. The van der Waals surface area contributed by atoms with Crippen LogP contribution in [0.2, 0.25) is 0 Å². The number of nitrogens with zero attached hydrogens (tertiary/aromatic N) is 6. The highest BCUT2D eigenvalue weighted by molar-refractivity contribution is 5.58. The number of hydrogen-bond donors (Lipinski definition) is 0. The normalized spacial score (nSPS) is 17.1. The van der Waals surface area contributed by atoms with Crippen molar-refractivity contribution in [2.24, 2.45) is 0 Å². The Hall–Kier alpha value is -2.15. The summed E-state index contributed by atoms with van der Waals surface area (Å²) >= 11 is 0. The van der Waals surface area contributed by atoms with Crippen LogP contribution in [-0.4, -0.2) is 58.4 Å². The SMILES string of the molecule is CCCC(c1nnnn1C(C)(C)C)N1CCN(c2ccccc2OC)CC1. The quantitative estimate of drug-likeness (QED) is 0.777.